The fourth-order valence-electron chi connectivity index (χ4n) is 2.03. The minimum atomic E-state index is -0.312. The zero-order valence-electron chi connectivity index (χ0n) is 13.1. The molecule has 23 heavy (non-hydrogen) atoms. The van der Waals surface area contributed by atoms with Crippen molar-refractivity contribution in [3.8, 4) is 0 Å². The monoisotopic (exact) mass is 307 g/mol. The molecule has 0 heterocycles. The number of nitrogens with one attached hydrogen (secondary N) is 2. The van der Waals surface area contributed by atoms with Crippen LogP contribution in [0.5, 0.6) is 0 Å². The fourth-order valence-corrected chi connectivity index (χ4v) is 2.03. The van der Waals surface area contributed by atoms with Gasteiger partial charge in [0, 0.05) is 11.9 Å². The molecule has 4 nitrogen and oxygen atoms in total. The quantitative estimate of drug-likeness (QED) is 0.605. The fraction of sp³-hybridized carbons (Fsp3) is 0.158. The first-order valence-electron chi connectivity index (χ1n) is 7.66. The second kappa shape index (κ2) is 9.20. The molecule has 2 N–H and O–H groups in total. The van der Waals surface area contributed by atoms with Crippen LogP contribution in [0.2, 0.25) is 0 Å². The van der Waals surface area contributed by atoms with Gasteiger partial charge in [0.2, 0.25) is 0 Å². The Balaban J connectivity index is 1.82. The second-order valence-electron chi connectivity index (χ2n) is 5.00. The highest BCUT2D eigenvalue weighted by Gasteiger charge is 2.14. The smallest absolute Gasteiger partial charge is 0.262 e. The summed E-state index contributed by atoms with van der Waals surface area (Å²) in [5.74, 6) is -0.152. The van der Waals surface area contributed by atoms with Crippen molar-refractivity contribution in [2.75, 3.05) is 5.32 Å². The van der Waals surface area contributed by atoms with E-state index in [4.69, 9.17) is 0 Å². The third-order valence-corrected chi connectivity index (χ3v) is 3.26. The van der Waals surface area contributed by atoms with Crippen LogP contribution in [0.15, 0.2) is 71.8 Å². The maximum atomic E-state index is 12.1. The standard InChI is InChI=1S/C19H21N3O/c1-2-18(21-17-13-7-4-8-14-17)19(23)22-20-15-9-12-16-10-5-3-6-11-16/h3-15,18,21H,2H2,1H3,(H,22,23)/b12-9+,20-15-/t18-/m1/s1. The van der Waals surface area contributed by atoms with Gasteiger partial charge in [-0.25, -0.2) is 5.43 Å². The number of allylic oxidation sites excluding steroid dienone is 1. The molecule has 0 saturated heterocycles. The first kappa shape index (κ1) is 16.5. The van der Waals surface area contributed by atoms with Crippen molar-refractivity contribution in [1.29, 1.82) is 0 Å². The van der Waals surface area contributed by atoms with Gasteiger partial charge in [0.05, 0.1) is 0 Å². The summed E-state index contributed by atoms with van der Waals surface area (Å²) in [6.45, 7) is 1.96. The van der Waals surface area contributed by atoms with Gasteiger partial charge in [0.25, 0.3) is 5.91 Å². The number of hydrazone groups is 1. The maximum Gasteiger partial charge on any atom is 0.262 e. The normalized spacial score (nSPS) is 12.4. The lowest BCUT2D eigenvalue weighted by Gasteiger charge is -2.16. The topological polar surface area (TPSA) is 53.5 Å². The third kappa shape index (κ3) is 5.79. The van der Waals surface area contributed by atoms with E-state index in [9.17, 15) is 4.79 Å². The molecular weight excluding hydrogens is 286 g/mol. The lowest BCUT2D eigenvalue weighted by Crippen LogP contribution is -2.36. The van der Waals surface area contributed by atoms with Crippen LogP contribution < -0.4 is 10.7 Å². The summed E-state index contributed by atoms with van der Waals surface area (Å²) >= 11 is 0. The van der Waals surface area contributed by atoms with E-state index >= 15 is 0 Å². The Kier molecular flexibility index (Phi) is 6.60. The second-order valence-corrected chi connectivity index (χ2v) is 5.00. The van der Waals surface area contributed by atoms with Crippen molar-refractivity contribution in [2.24, 2.45) is 5.10 Å². The van der Waals surface area contributed by atoms with E-state index in [0.29, 0.717) is 6.42 Å². The highest BCUT2D eigenvalue weighted by molar-refractivity contribution is 5.86. The zero-order chi connectivity index (χ0) is 16.3. The predicted octanol–water partition coefficient (Wildman–Crippen LogP) is 3.69. The Labute approximate surface area is 136 Å². The molecule has 0 spiro atoms. The maximum absolute atomic E-state index is 12.1. The summed E-state index contributed by atoms with van der Waals surface area (Å²) in [6, 6.07) is 19.3. The van der Waals surface area contributed by atoms with E-state index in [1.165, 1.54) is 0 Å². The van der Waals surface area contributed by atoms with E-state index in [0.717, 1.165) is 11.3 Å². The highest BCUT2D eigenvalue weighted by atomic mass is 16.2. The molecular formula is C19H21N3O. The molecule has 2 rings (SSSR count). The Hall–Kier alpha value is -2.88. The lowest BCUT2D eigenvalue weighted by atomic mass is 10.2. The Bertz CT molecular complexity index is 651. The van der Waals surface area contributed by atoms with Crippen LogP contribution >= 0.6 is 0 Å². The van der Waals surface area contributed by atoms with E-state index in [1.54, 1.807) is 12.3 Å². The van der Waals surface area contributed by atoms with Gasteiger partial charge in [-0.1, -0.05) is 61.5 Å². The van der Waals surface area contributed by atoms with Crippen molar-refractivity contribution >= 4 is 23.9 Å². The van der Waals surface area contributed by atoms with Gasteiger partial charge in [0.1, 0.15) is 6.04 Å². The molecule has 4 heteroatoms. The molecule has 0 saturated carbocycles. The molecule has 2 aromatic rings. The third-order valence-electron chi connectivity index (χ3n) is 3.26. The number of amides is 1. The molecule has 0 bridgehead atoms. The number of hydrogen-bond donors (Lipinski definition) is 2. The molecule has 0 aliphatic carbocycles. The summed E-state index contributed by atoms with van der Waals surface area (Å²) in [5, 5.41) is 7.14. The largest absolute Gasteiger partial charge is 0.374 e. The van der Waals surface area contributed by atoms with Gasteiger partial charge in [-0.2, -0.15) is 5.10 Å². The van der Waals surface area contributed by atoms with E-state index in [2.05, 4.69) is 15.8 Å². The van der Waals surface area contributed by atoms with Crippen molar-refractivity contribution in [3.63, 3.8) is 0 Å². The molecule has 118 valence electrons. The zero-order valence-corrected chi connectivity index (χ0v) is 13.1. The number of hydrogen-bond acceptors (Lipinski definition) is 3. The summed E-state index contributed by atoms with van der Waals surface area (Å²) in [4.78, 5) is 12.1. The number of nitrogens with zero attached hydrogens (tertiary/aromatic N) is 1. The molecule has 0 unspecified atom stereocenters. The van der Waals surface area contributed by atoms with E-state index in [1.807, 2.05) is 73.7 Å². The molecule has 1 atom stereocenters. The molecule has 0 aromatic heterocycles. The van der Waals surface area contributed by atoms with Gasteiger partial charge in [-0.15, -0.1) is 0 Å². The minimum absolute atomic E-state index is 0.152. The molecule has 1 amide bonds. The first-order chi connectivity index (χ1) is 11.3. The van der Waals surface area contributed by atoms with Gasteiger partial charge in [0.15, 0.2) is 0 Å². The van der Waals surface area contributed by atoms with E-state index in [-0.39, 0.29) is 11.9 Å². The van der Waals surface area contributed by atoms with Crippen LogP contribution in [-0.2, 0) is 4.79 Å². The molecule has 0 radical (unpaired) electrons. The molecule has 0 aliphatic heterocycles. The van der Waals surface area contributed by atoms with Crippen molar-refractivity contribution in [1.82, 2.24) is 5.43 Å². The summed E-state index contributed by atoms with van der Waals surface area (Å²) in [5.41, 5.74) is 4.56. The number of para-hydroxylation sites is 1. The molecule has 2 aromatic carbocycles. The minimum Gasteiger partial charge on any atom is -0.374 e. The van der Waals surface area contributed by atoms with Crippen LogP contribution in [-0.4, -0.2) is 18.2 Å². The predicted molar refractivity (Wildman–Crippen MR) is 96.3 cm³/mol. The number of carbonyl (C=O) groups is 1. The highest BCUT2D eigenvalue weighted by Crippen LogP contribution is 2.08. The van der Waals surface area contributed by atoms with Gasteiger partial charge in [-0.3, -0.25) is 4.79 Å². The van der Waals surface area contributed by atoms with Gasteiger partial charge in [-0.05, 0) is 30.2 Å². The van der Waals surface area contributed by atoms with Crippen LogP contribution in [0.1, 0.15) is 18.9 Å². The number of anilines is 1. The first-order valence-corrected chi connectivity index (χ1v) is 7.66. The van der Waals surface area contributed by atoms with Gasteiger partial charge < -0.3 is 5.32 Å². The summed E-state index contributed by atoms with van der Waals surface area (Å²) in [7, 11) is 0. The van der Waals surface area contributed by atoms with Crippen LogP contribution in [0.25, 0.3) is 6.08 Å². The molecule has 0 aliphatic rings. The number of rotatable bonds is 7. The Morgan fingerprint density at radius 2 is 1.74 bits per heavy atom. The summed E-state index contributed by atoms with van der Waals surface area (Å²) in [6.07, 6.45) is 5.96. The van der Waals surface area contributed by atoms with Crippen molar-refractivity contribution in [3.05, 3.63) is 72.3 Å². The van der Waals surface area contributed by atoms with Crippen LogP contribution in [0.3, 0.4) is 0 Å². The average molecular weight is 307 g/mol. The number of benzene rings is 2. The van der Waals surface area contributed by atoms with Crippen molar-refractivity contribution < 1.29 is 4.79 Å². The van der Waals surface area contributed by atoms with Crippen molar-refractivity contribution in [2.45, 2.75) is 19.4 Å². The Morgan fingerprint density at radius 1 is 1.09 bits per heavy atom. The van der Waals surface area contributed by atoms with Crippen LogP contribution in [0, 0.1) is 0 Å². The number of carbonyl (C=O) groups excluding carboxylic acids is 1. The van der Waals surface area contributed by atoms with Gasteiger partial charge >= 0.3 is 0 Å². The van der Waals surface area contributed by atoms with E-state index < -0.39 is 0 Å². The average Bonchev–Trinajstić information content (AvgIpc) is 2.61. The Morgan fingerprint density at radius 3 is 2.39 bits per heavy atom. The summed E-state index contributed by atoms with van der Waals surface area (Å²) < 4.78 is 0. The van der Waals surface area contributed by atoms with Crippen LogP contribution in [0.4, 0.5) is 5.69 Å². The molecule has 0 fully saturated rings. The SMILES string of the molecule is CC[C@@H](Nc1ccccc1)C(=O)N/N=C\C=C\c1ccccc1. The lowest BCUT2D eigenvalue weighted by molar-refractivity contribution is -0.121.